The number of pyridine rings is 1. The molecule has 3 heterocycles. The highest BCUT2D eigenvalue weighted by molar-refractivity contribution is 5.98. The molecular weight excluding hydrogens is 266 g/mol. The molecule has 0 bridgehead atoms. The Bertz CT molecular complexity index is 623. The number of hydrogen-bond acceptors (Lipinski definition) is 6. The number of carbonyl (C=O) groups is 1. The Morgan fingerprint density at radius 1 is 0.952 bits per heavy atom. The first-order valence-electron chi connectivity index (χ1n) is 6.98. The zero-order valence-corrected chi connectivity index (χ0v) is 11.9. The van der Waals surface area contributed by atoms with Crippen molar-refractivity contribution in [2.45, 2.75) is 6.92 Å². The minimum atomic E-state index is 0.0481. The van der Waals surface area contributed by atoms with Gasteiger partial charge in [-0.15, -0.1) is 0 Å². The number of hydrogen-bond donors (Lipinski definition) is 0. The van der Waals surface area contributed by atoms with Gasteiger partial charge in [-0.1, -0.05) is 0 Å². The van der Waals surface area contributed by atoms with Crippen LogP contribution in [-0.2, 0) is 0 Å². The number of carbonyl (C=O) groups excluding carboxylic acids is 1. The van der Waals surface area contributed by atoms with Crippen LogP contribution >= 0.6 is 0 Å². The lowest BCUT2D eigenvalue weighted by atomic mass is 10.1. The number of aromatic nitrogens is 3. The first-order chi connectivity index (χ1) is 10.3. The monoisotopic (exact) mass is 283 g/mol. The van der Waals surface area contributed by atoms with Gasteiger partial charge < -0.3 is 9.80 Å². The van der Waals surface area contributed by atoms with Gasteiger partial charge in [0.15, 0.2) is 5.78 Å². The van der Waals surface area contributed by atoms with Crippen LogP contribution in [0.15, 0.2) is 36.8 Å². The van der Waals surface area contributed by atoms with Gasteiger partial charge in [-0.3, -0.25) is 4.79 Å². The van der Waals surface area contributed by atoms with Crippen LogP contribution in [0.1, 0.15) is 17.3 Å². The van der Waals surface area contributed by atoms with Gasteiger partial charge in [-0.25, -0.2) is 15.0 Å². The van der Waals surface area contributed by atoms with Crippen LogP contribution in [0.2, 0.25) is 0 Å². The zero-order valence-electron chi connectivity index (χ0n) is 11.9. The first-order valence-corrected chi connectivity index (χ1v) is 6.98. The maximum atomic E-state index is 11.7. The molecule has 1 fully saturated rings. The average Bonchev–Trinajstić information content (AvgIpc) is 2.56. The number of anilines is 2. The summed E-state index contributed by atoms with van der Waals surface area (Å²) in [6.07, 6.45) is 5.23. The van der Waals surface area contributed by atoms with E-state index in [4.69, 9.17) is 0 Å². The average molecular weight is 283 g/mol. The van der Waals surface area contributed by atoms with Crippen molar-refractivity contribution in [2.24, 2.45) is 0 Å². The molecule has 2 aromatic rings. The van der Waals surface area contributed by atoms with Crippen molar-refractivity contribution in [1.82, 2.24) is 15.0 Å². The van der Waals surface area contributed by atoms with Gasteiger partial charge in [0.05, 0.1) is 5.56 Å². The molecular formula is C15H17N5O. The largest absolute Gasteiger partial charge is 0.352 e. The molecule has 0 radical (unpaired) electrons. The SMILES string of the molecule is CC(=O)c1cccnc1N1CCN(c2ncccn2)CC1. The highest BCUT2D eigenvalue weighted by atomic mass is 16.1. The Hall–Kier alpha value is -2.50. The standard InChI is InChI=1S/C15H17N5O/c1-12(21)13-4-2-5-16-14(13)19-8-10-20(11-9-19)15-17-6-3-7-18-15/h2-7H,8-11H2,1H3. The first kappa shape index (κ1) is 13.5. The van der Waals surface area contributed by atoms with Crippen molar-refractivity contribution in [2.75, 3.05) is 36.0 Å². The van der Waals surface area contributed by atoms with Gasteiger partial charge in [-0.2, -0.15) is 0 Å². The van der Waals surface area contributed by atoms with E-state index in [0.29, 0.717) is 5.56 Å². The minimum Gasteiger partial charge on any atom is -0.352 e. The summed E-state index contributed by atoms with van der Waals surface area (Å²) >= 11 is 0. The van der Waals surface area contributed by atoms with Crippen LogP contribution in [0.25, 0.3) is 0 Å². The van der Waals surface area contributed by atoms with Crippen molar-refractivity contribution >= 4 is 17.5 Å². The molecule has 0 aromatic carbocycles. The Labute approximate surface area is 123 Å². The van der Waals surface area contributed by atoms with E-state index in [1.165, 1.54) is 0 Å². The second-order valence-electron chi connectivity index (χ2n) is 4.95. The lowest BCUT2D eigenvalue weighted by Crippen LogP contribution is -2.47. The van der Waals surface area contributed by atoms with E-state index in [1.54, 1.807) is 31.6 Å². The quantitative estimate of drug-likeness (QED) is 0.794. The molecule has 2 aromatic heterocycles. The number of ketones is 1. The number of rotatable bonds is 3. The van der Waals surface area contributed by atoms with E-state index < -0.39 is 0 Å². The van der Waals surface area contributed by atoms with E-state index in [0.717, 1.165) is 37.9 Å². The predicted octanol–water partition coefficient (Wildman–Crippen LogP) is 1.40. The van der Waals surface area contributed by atoms with Crippen molar-refractivity contribution in [1.29, 1.82) is 0 Å². The molecule has 108 valence electrons. The molecule has 0 atom stereocenters. The van der Waals surface area contributed by atoms with Crippen LogP contribution < -0.4 is 9.80 Å². The summed E-state index contributed by atoms with van der Waals surface area (Å²) in [4.78, 5) is 28.9. The highest BCUT2D eigenvalue weighted by Crippen LogP contribution is 2.20. The van der Waals surface area contributed by atoms with Gasteiger partial charge in [-0.05, 0) is 25.1 Å². The lowest BCUT2D eigenvalue weighted by Gasteiger charge is -2.35. The van der Waals surface area contributed by atoms with Gasteiger partial charge in [0.1, 0.15) is 5.82 Å². The summed E-state index contributed by atoms with van der Waals surface area (Å²) in [5.74, 6) is 1.58. The van der Waals surface area contributed by atoms with Gasteiger partial charge >= 0.3 is 0 Å². The van der Waals surface area contributed by atoms with Gasteiger partial charge in [0.25, 0.3) is 0 Å². The molecule has 1 saturated heterocycles. The maximum absolute atomic E-state index is 11.7. The van der Waals surface area contributed by atoms with E-state index >= 15 is 0 Å². The smallest absolute Gasteiger partial charge is 0.225 e. The van der Waals surface area contributed by atoms with E-state index in [2.05, 4.69) is 24.8 Å². The zero-order chi connectivity index (χ0) is 14.7. The lowest BCUT2D eigenvalue weighted by molar-refractivity contribution is 0.101. The molecule has 0 aliphatic carbocycles. The third-order valence-corrected chi connectivity index (χ3v) is 3.58. The fraction of sp³-hybridized carbons (Fsp3) is 0.333. The molecule has 6 heteroatoms. The molecule has 0 saturated carbocycles. The van der Waals surface area contributed by atoms with Gasteiger partial charge in [0, 0.05) is 44.8 Å². The molecule has 6 nitrogen and oxygen atoms in total. The topological polar surface area (TPSA) is 62.2 Å². The summed E-state index contributed by atoms with van der Waals surface area (Å²) in [5, 5.41) is 0. The molecule has 21 heavy (non-hydrogen) atoms. The molecule has 1 aliphatic heterocycles. The van der Waals surface area contributed by atoms with Gasteiger partial charge in [0.2, 0.25) is 5.95 Å². The summed E-state index contributed by atoms with van der Waals surface area (Å²) in [5.41, 5.74) is 0.682. The maximum Gasteiger partial charge on any atom is 0.225 e. The summed E-state index contributed by atoms with van der Waals surface area (Å²) in [6, 6.07) is 5.44. The Morgan fingerprint density at radius 3 is 2.24 bits per heavy atom. The van der Waals surface area contributed by atoms with Crippen molar-refractivity contribution in [3.8, 4) is 0 Å². The third kappa shape index (κ3) is 2.84. The number of piperazine rings is 1. The third-order valence-electron chi connectivity index (χ3n) is 3.58. The predicted molar refractivity (Wildman–Crippen MR) is 80.7 cm³/mol. The normalized spacial score (nSPS) is 15.1. The molecule has 0 amide bonds. The van der Waals surface area contributed by atoms with Crippen molar-refractivity contribution in [3.05, 3.63) is 42.4 Å². The molecule has 1 aliphatic rings. The minimum absolute atomic E-state index is 0.0481. The summed E-state index contributed by atoms with van der Waals surface area (Å²) in [7, 11) is 0. The van der Waals surface area contributed by atoms with Crippen LogP contribution in [-0.4, -0.2) is 46.9 Å². The molecule has 3 rings (SSSR count). The Morgan fingerprint density at radius 2 is 1.57 bits per heavy atom. The molecule has 0 spiro atoms. The van der Waals surface area contributed by atoms with Crippen LogP contribution in [0, 0.1) is 0 Å². The van der Waals surface area contributed by atoms with E-state index in [-0.39, 0.29) is 5.78 Å². The highest BCUT2D eigenvalue weighted by Gasteiger charge is 2.22. The Balaban J connectivity index is 1.73. The van der Waals surface area contributed by atoms with Crippen LogP contribution in [0.3, 0.4) is 0 Å². The molecule has 0 unspecified atom stereocenters. The molecule has 0 N–H and O–H groups in total. The van der Waals surface area contributed by atoms with Crippen LogP contribution in [0.4, 0.5) is 11.8 Å². The Kier molecular flexibility index (Phi) is 3.77. The van der Waals surface area contributed by atoms with Crippen molar-refractivity contribution < 1.29 is 4.79 Å². The van der Waals surface area contributed by atoms with E-state index in [1.807, 2.05) is 12.1 Å². The summed E-state index contributed by atoms with van der Waals surface area (Å²) < 4.78 is 0. The van der Waals surface area contributed by atoms with E-state index in [9.17, 15) is 4.79 Å². The number of Topliss-reactive ketones (excluding diaryl/α,β-unsaturated/α-hetero) is 1. The second kappa shape index (κ2) is 5.87. The van der Waals surface area contributed by atoms with Crippen molar-refractivity contribution in [3.63, 3.8) is 0 Å². The fourth-order valence-electron chi connectivity index (χ4n) is 2.50. The summed E-state index contributed by atoms with van der Waals surface area (Å²) in [6.45, 7) is 4.82. The fourth-order valence-corrected chi connectivity index (χ4v) is 2.50. The second-order valence-corrected chi connectivity index (χ2v) is 4.95. The van der Waals surface area contributed by atoms with Crippen LogP contribution in [0.5, 0.6) is 0 Å². The number of nitrogens with zero attached hydrogens (tertiary/aromatic N) is 5.